The molecule has 0 spiro atoms. The number of ether oxygens (including phenoxy) is 2. The van der Waals surface area contributed by atoms with Crippen molar-refractivity contribution in [1.29, 1.82) is 0 Å². The van der Waals surface area contributed by atoms with Crippen LogP contribution >= 0.6 is 0 Å². The van der Waals surface area contributed by atoms with Crippen LogP contribution < -0.4 is 15.0 Å². The van der Waals surface area contributed by atoms with E-state index in [2.05, 4.69) is 29.3 Å². The number of nitrogens with one attached hydrogen (secondary N) is 1. The molecule has 2 heterocycles. The van der Waals surface area contributed by atoms with Crippen LogP contribution in [0.2, 0.25) is 0 Å². The molecule has 21 heavy (non-hydrogen) atoms. The zero-order chi connectivity index (χ0) is 14.7. The maximum Gasteiger partial charge on any atom is 0.142 e. The van der Waals surface area contributed by atoms with E-state index < -0.39 is 0 Å². The second kappa shape index (κ2) is 6.67. The predicted molar refractivity (Wildman–Crippen MR) is 85.6 cm³/mol. The minimum atomic E-state index is 0.565. The molecule has 1 aromatic carbocycles. The van der Waals surface area contributed by atoms with Crippen molar-refractivity contribution in [2.75, 3.05) is 51.4 Å². The highest BCUT2D eigenvalue weighted by atomic mass is 16.5. The Kier molecular flexibility index (Phi) is 4.66. The third-order valence-corrected chi connectivity index (χ3v) is 4.51. The standard InChI is InChI=1S/C17H26N2O2/c1-13-12-18-5-4-14-10-17-16(11-15(13)14)19(7-9-21-17)6-3-8-20-2/h10-11,13,18H,3-9,12H2,1-2H3. The molecule has 2 aliphatic heterocycles. The highest BCUT2D eigenvalue weighted by molar-refractivity contribution is 5.64. The van der Waals surface area contributed by atoms with E-state index in [0.29, 0.717) is 5.92 Å². The smallest absolute Gasteiger partial charge is 0.142 e. The SMILES string of the molecule is COCCCN1CCOc2cc3c(cc21)C(C)CNCC3. The van der Waals surface area contributed by atoms with Gasteiger partial charge in [-0.15, -0.1) is 0 Å². The zero-order valence-electron chi connectivity index (χ0n) is 13.2. The molecular formula is C17H26N2O2. The first-order valence-electron chi connectivity index (χ1n) is 8.04. The molecule has 1 unspecified atom stereocenters. The lowest BCUT2D eigenvalue weighted by molar-refractivity contribution is 0.195. The van der Waals surface area contributed by atoms with Gasteiger partial charge < -0.3 is 19.7 Å². The van der Waals surface area contributed by atoms with Gasteiger partial charge in [-0.05, 0) is 48.6 Å². The summed E-state index contributed by atoms with van der Waals surface area (Å²) in [7, 11) is 1.77. The molecule has 0 amide bonds. The van der Waals surface area contributed by atoms with Crippen molar-refractivity contribution >= 4 is 5.69 Å². The van der Waals surface area contributed by atoms with Crippen molar-refractivity contribution in [2.45, 2.75) is 25.7 Å². The number of methoxy groups -OCH3 is 1. The monoisotopic (exact) mass is 290 g/mol. The number of benzene rings is 1. The summed E-state index contributed by atoms with van der Waals surface area (Å²) in [6, 6.07) is 4.64. The summed E-state index contributed by atoms with van der Waals surface area (Å²) >= 11 is 0. The molecule has 0 aliphatic carbocycles. The van der Waals surface area contributed by atoms with Crippen molar-refractivity contribution in [2.24, 2.45) is 0 Å². The molecule has 3 rings (SSSR count). The first-order chi connectivity index (χ1) is 10.3. The molecular weight excluding hydrogens is 264 g/mol. The van der Waals surface area contributed by atoms with Crippen LogP contribution in [0.25, 0.3) is 0 Å². The predicted octanol–water partition coefficient (Wildman–Crippen LogP) is 2.17. The van der Waals surface area contributed by atoms with E-state index in [4.69, 9.17) is 9.47 Å². The van der Waals surface area contributed by atoms with Crippen molar-refractivity contribution in [3.8, 4) is 5.75 Å². The van der Waals surface area contributed by atoms with Crippen LogP contribution in [0.15, 0.2) is 12.1 Å². The Morgan fingerprint density at radius 3 is 3.19 bits per heavy atom. The highest BCUT2D eigenvalue weighted by Crippen LogP contribution is 2.37. The molecule has 0 saturated carbocycles. The van der Waals surface area contributed by atoms with Crippen LogP contribution in [-0.4, -0.2) is 46.5 Å². The van der Waals surface area contributed by atoms with Crippen LogP contribution in [0.4, 0.5) is 5.69 Å². The van der Waals surface area contributed by atoms with Crippen LogP contribution in [0, 0.1) is 0 Å². The van der Waals surface area contributed by atoms with E-state index in [0.717, 1.165) is 58.0 Å². The van der Waals surface area contributed by atoms with Gasteiger partial charge in [-0.1, -0.05) is 6.92 Å². The topological polar surface area (TPSA) is 33.7 Å². The van der Waals surface area contributed by atoms with Gasteiger partial charge in [0.25, 0.3) is 0 Å². The van der Waals surface area contributed by atoms with Crippen molar-refractivity contribution in [3.63, 3.8) is 0 Å². The molecule has 1 N–H and O–H groups in total. The molecule has 0 bridgehead atoms. The second-order valence-corrected chi connectivity index (χ2v) is 6.06. The first-order valence-corrected chi connectivity index (χ1v) is 8.04. The third-order valence-electron chi connectivity index (χ3n) is 4.51. The van der Waals surface area contributed by atoms with Gasteiger partial charge in [0.15, 0.2) is 0 Å². The van der Waals surface area contributed by atoms with Crippen LogP contribution in [-0.2, 0) is 11.2 Å². The summed E-state index contributed by atoms with van der Waals surface area (Å²) < 4.78 is 11.1. The van der Waals surface area contributed by atoms with Gasteiger partial charge in [0.05, 0.1) is 12.2 Å². The number of anilines is 1. The zero-order valence-corrected chi connectivity index (χ0v) is 13.2. The maximum absolute atomic E-state index is 5.91. The third kappa shape index (κ3) is 3.16. The molecule has 1 aromatic rings. The summed E-state index contributed by atoms with van der Waals surface area (Å²) in [5.41, 5.74) is 4.20. The van der Waals surface area contributed by atoms with Crippen LogP contribution in [0.5, 0.6) is 5.75 Å². The lowest BCUT2D eigenvalue weighted by Gasteiger charge is -2.32. The van der Waals surface area contributed by atoms with Gasteiger partial charge in [-0.2, -0.15) is 0 Å². The van der Waals surface area contributed by atoms with E-state index in [1.54, 1.807) is 7.11 Å². The molecule has 0 aromatic heterocycles. The molecule has 116 valence electrons. The molecule has 1 atom stereocenters. The van der Waals surface area contributed by atoms with E-state index in [9.17, 15) is 0 Å². The summed E-state index contributed by atoms with van der Waals surface area (Å²) in [6.07, 6.45) is 2.16. The number of nitrogens with zero attached hydrogens (tertiary/aromatic N) is 1. The average Bonchev–Trinajstić information content (AvgIpc) is 2.68. The fraction of sp³-hybridized carbons (Fsp3) is 0.647. The van der Waals surface area contributed by atoms with Gasteiger partial charge >= 0.3 is 0 Å². The Hall–Kier alpha value is -1.26. The number of fused-ring (bicyclic) bond motifs is 2. The molecule has 0 fully saturated rings. The Labute approximate surface area is 127 Å². The molecule has 4 nitrogen and oxygen atoms in total. The normalized spacial score (nSPS) is 21.2. The number of rotatable bonds is 4. The van der Waals surface area contributed by atoms with E-state index >= 15 is 0 Å². The Balaban J connectivity index is 1.87. The summed E-state index contributed by atoms with van der Waals surface area (Å²) in [6.45, 7) is 8.05. The Bertz CT molecular complexity index is 490. The Morgan fingerprint density at radius 1 is 1.43 bits per heavy atom. The summed E-state index contributed by atoms with van der Waals surface area (Å²) in [5.74, 6) is 1.63. The van der Waals surface area contributed by atoms with Crippen LogP contribution in [0.1, 0.15) is 30.4 Å². The van der Waals surface area contributed by atoms with E-state index in [1.165, 1.54) is 16.8 Å². The quantitative estimate of drug-likeness (QED) is 0.862. The fourth-order valence-electron chi connectivity index (χ4n) is 3.33. The molecule has 4 heteroatoms. The molecule has 0 saturated heterocycles. The Morgan fingerprint density at radius 2 is 2.33 bits per heavy atom. The minimum Gasteiger partial charge on any atom is -0.490 e. The first kappa shape index (κ1) is 14.7. The lowest BCUT2D eigenvalue weighted by Crippen LogP contribution is -2.34. The molecule has 0 radical (unpaired) electrons. The average molecular weight is 290 g/mol. The van der Waals surface area contributed by atoms with Gasteiger partial charge in [0, 0.05) is 26.8 Å². The molecule has 2 aliphatic rings. The lowest BCUT2D eigenvalue weighted by atomic mass is 9.93. The number of hydrogen-bond acceptors (Lipinski definition) is 4. The highest BCUT2D eigenvalue weighted by Gasteiger charge is 2.23. The second-order valence-electron chi connectivity index (χ2n) is 6.06. The largest absolute Gasteiger partial charge is 0.490 e. The van der Waals surface area contributed by atoms with Crippen LogP contribution in [0.3, 0.4) is 0 Å². The summed E-state index contributed by atoms with van der Waals surface area (Å²) in [4.78, 5) is 2.45. The van der Waals surface area contributed by atoms with E-state index in [1.807, 2.05) is 0 Å². The maximum atomic E-state index is 5.91. The fourth-order valence-corrected chi connectivity index (χ4v) is 3.33. The number of hydrogen-bond donors (Lipinski definition) is 1. The van der Waals surface area contributed by atoms with Crippen molar-refractivity contribution < 1.29 is 9.47 Å². The van der Waals surface area contributed by atoms with Crippen molar-refractivity contribution in [1.82, 2.24) is 5.32 Å². The van der Waals surface area contributed by atoms with E-state index in [-0.39, 0.29) is 0 Å². The van der Waals surface area contributed by atoms with Gasteiger partial charge in [0.2, 0.25) is 0 Å². The summed E-state index contributed by atoms with van der Waals surface area (Å²) in [5, 5.41) is 3.52. The minimum absolute atomic E-state index is 0.565. The van der Waals surface area contributed by atoms with Gasteiger partial charge in [0.1, 0.15) is 12.4 Å². The van der Waals surface area contributed by atoms with Gasteiger partial charge in [-0.3, -0.25) is 0 Å². The van der Waals surface area contributed by atoms with Crippen molar-refractivity contribution in [3.05, 3.63) is 23.3 Å². The van der Waals surface area contributed by atoms with Gasteiger partial charge in [-0.25, -0.2) is 0 Å².